The number of anilines is 1. The quantitative estimate of drug-likeness (QED) is 0.803. The van der Waals surface area contributed by atoms with Gasteiger partial charge in [-0.15, -0.1) is 0 Å². The molecule has 0 amide bonds. The van der Waals surface area contributed by atoms with E-state index in [1.807, 2.05) is 31.2 Å². The number of halogens is 1. The molecule has 1 aromatic carbocycles. The van der Waals surface area contributed by atoms with Crippen LogP contribution in [0.15, 0.2) is 24.3 Å². The molecule has 1 N–H and O–H groups in total. The predicted molar refractivity (Wildman–Crippen MR) is 54.7 cm³/mol. The molecule has 0 fully saturated rings. The van der Waals surface area contributed by atoms with Gasteiger partial charge in [-0.3, -0.25) is 0 Å². The van der Waals surface area contributed by atoms with Crippen molar-refractivity contribution < 1.29 is 0 Å². The monoisotopic (exact) mass is 194 g/mol. The minimum absolute atomic E-state index is 0.00345. The highest BCUT2D eigenvalue weighted by Gasteiger charge is 2.01. The summed E-state index contributed by atoms with van der Waals surface area (Å²) in [7, 11) is 0. The number of nitriles is 1. The van der Waals surface area contributed by atoms with Gasteiger partial charge in [-0.25, -0.2) is 0 Å². The first-order valence-corrected chi connectivity index (χ1v) is 4.50. The molecule has 0 saturated heterocycles. The maximum atomic E-state index is 8.56. The molecule has 0 bridgehead atoms. The van der Waals surface area contributed by atoms with Gasteiger partial charge in [0.15, 0.2) is 0 Å². The van der Waals surface area contributed by atoms with E-state index in [4.69, 9.17) is 16.9 Å². The van der Waals surface area contributed by atoms with Gasteiger partial charge in [-0.1, -0.05) is 23.7 Å². The van der Waals surface area contributed by atoms with Gasteiger partial charge in [-0.2, -0.15) is 5.26 Å². The lowest BCUT2D eigenvalue weighted by Crippen LogP contribution is -2.09. The average molecular weight is 195 g/mol. The molecule has 2 nitrogen and oxygen atoms in total. The number of nitrogens with one attached hydrogen (secondary N) is 1. The number of nitrogens with zero attached hydrogens (tertiary/aromatic N) is 1. The zero-order valence-corrected chi connectivity index (χ0v) is 8.17. The Morgan fingerprint density at radius 3 is 2.85 bits per heavy atom. The minimum atomic E-state index is -0.00345. The summed E-state index contributed by atoms with van der Waals surface area (Å²) in [6, 6.07) is 9.65. The third-order valence-corrected chi connectivity index (χ3v) is 2.02. The van der Waals surface area contributed by atoms with E-state index in [9.17, 15) is 0 Å². The Labute approximate surface area is 83.1 Å². The lowest BCUT2D eigenvalue weighted by atomic mass is 10.2. The molecule has 1 aromatic rings. The summed E-state index contributed by atoms with van der Waals surface area (Å²) >= 11 is 5.91. The first-order chi connectivity index (χ1) is 6.24. The number of benzene rings is 1. The van der Waals surface area contributed by atoms with Gasteiger partial charge in [0.05, 0.1) is 22.7 Å². The van der Waals surface area contributed by atoms with E-state index in [1.165, 1.54) is 0 Å². The van der Waals surface area contributed by atoms with Crippen LogP contribution < -0.4 is 5.32 Å². The summed E-state index contributed by atoms with van der Waals surface area (Å²) in [5.74, 6) is -0.00345. The Balaban J connectivity index is 2.56. The van der Waals surface area contributed by atoms with Crippen molar-refractivity contribution in [2.24, 2.45) is 5.92 Å². The summed E-state index contributed by atoms with van der Waals surface area (Å²) in [6.07, 6.45) is 0. The van der Waals surface area contributed by atoms with Crippen LogP contribution in [0.3, 0.4) is 0 Å². The Hall–Kier alpha value is -1.20. The fourth-order valence-electron chi connectivity index (χ4n) is 0.913. The normalized spacial score (nSPS) is 11.8. The van der Waals surface area contributed by atoms with Crippen molar-refractivity contribution >= 4 is 17.3 Å². The van der Waals surface area contributed by atoms with E-state index in [-0.39, 0.29) is 5.92 Å². The zero-order chi connectivity index (χ0) is 9.68. The van der Waals surface area contributed by atoms with Crippen molar-refractivity contribution in [1.29, 1.82) is 5.26 Å². The first kappa shape index (κ1) is 9.88. The third-order valence-electron chi connectivity index (χ3n) is 1.69. The Kier molecular flexibility index (Phi) is 3.60. The predicted octanol–water partition coefficient (Wildman–Crippen LogP) is 2.91. The van der Waals surface area contributed by atoms with Crippen LogP contribution in [0.5, 0.6) is 0 Å². The summed E-state index contributed by atoms with van der Waals surface area (Å²) in [6.45, 7) is 2.49. The van der Waals surface area contributed by atoms with Gasteiger partial charge in [0, 0.05) is 6.54 Å². The standard InChI is InChI=1S/C10H11ClN2/c1-8(6-12)7-13-10-5-3-2-4-9(10)11/h2-5,8,13H,7H2,1H3. The maximum Gasteiger partial charge on any atom is 0.0671 e. The molecule has 0 radical (unpaired) electrons. The van der Waals surface area contributed by atoms with E-state index >= 15 is 0 Å². The fraction of sp³-hybridized carbons (Fsp3) is 0.300. The lowest BCUT2D eigenvalue weighted by Gasteiger charge is -2.08. The number of hydrogen-bond donors (Lipinski definition) is 1. The molecule has 13 heavy (non-hydrogen) atoms. The van der Waals surface area contributed by atoms with Crippen LogP contribution in [0.1, 0.15) is 6.92 Å². The first-order valence-electron chi connectivity index (χ1n) is 4.12. The molecule has 1 unspecified atom stereocenters. The maximum absolute atomic E-state index is 8.56. The van der Waals surface area contributed by atoms with Crippen LogP contribution in [-0.4, -0.2) is 6.54 Å². The van der Waals surface area contributed by atoms with Gasteiger partial charge in [0.1, 0.15) is 0 Å². The summed E-state index contributed by atoms with van der Waals surface area (Å²) in [5, 5.41) is 12.4. The smallest absolute Gasteiger partial charge is 0.0671 e. The average Bonchev–Trinajstić information content (AvgIpc) is 2.16. The summed E-state index contributed by atoms with van der Waals surface area (Å²) in [5.41, 5.74) is 0.881. The van der Waals surface area contributed by atoms with Crippen LogP contribution in [0.25, 0.3) is 0 Å². The Bertz CT molecular complexity index is 317. The zero-order valence-electron chi connectivity index (χ0n) is 7.42. The lowest BCUT2D eigenvalue weighted by molar-refractivity contribution is 0.786. The van der Waals surface area contributed by atoms with Gasteiger partial charge in [-0.05, 0) is 19.1 Å². The van der Waals surface area contributed by atoms with E-state index < -0.39 is 0 Å². The Morgan fingerprint density at radius 2 is 2.23 bits per heavy atom. The fourth-order valence-corrected chi connectivity index (χ4v) is 1.12. The molecular weight excluding hydrogens is 184 g/mol. The SMILES string of the molecule is CC(C#N)CNc1ccccc1Cl. The molecule has 68 valence electrons. The summed E-state index contributed by atoms with van der Waals surface area (Å²) < 4.78 is 0. The van der Waals surface area contributed by atoms with Crippen LogP contribution in [-0.2, 0) is 0 Å². The van der Waals surface area contributed by atoms with Crippen LogP contribution in [0, 0.1) is 17.2 Å². The van der Waals surface area contributed by atoms with Crippen molar-refractivity contribution in [3.05, 3.63) is 29.3 Å². The highest BCUT2D eigenvalue weighted by Crippen LogP contribution is 2.20. The molecule has 0 aliphatic heterocycles. The van der Waals surface area contributed by atoms with Gasteiger partial charge < -0.3 is 5.32 Å². The van der Waals surface area contributed by atoms with Crippen molar-refractivity contribution in [3.8, 4) is 6.07 Å². The van der Waals surface area contributed by atoms with Crippen molar-refractivity contribution in [1.82, 2.24) is 0 Å². The minimum Gasteiger partial charge on any atom is -0.383 e. The second-order valence-corrected chi connectivity index (χ2v) is 3.30. The van der Waals surface area contributed by atoms with Gasteiger partial charge in [0.2, 0.25) is 0 Å². The molecule has 1 rings (SSSR count). The van der Waals surface area contributed by atoms with E-state index in [1.54, 1.807) is 0 Å². The molecule has 0 saturated carbocycles. The number of rotatable bonds is 3. The van der Waals surface area contributed by atoms with Gasteiger partial charge >= 0.3 is 0 Å². The van der Waals surface area contributed by atoms with Gasteiger partial charge in [0.25, 0.3) is 0 Å². The van der Waals surface area contributed by atoms with E-state index in [0.717, 1.165) is 5.69 Å². The number of hydrogen-bond acceptors (Lipinski definition) is 2. The van der Waals surface area contributed by atoms with Crippen LogP contribution >= 0.6 is 11.6 Å². The van der Waals surface area contributed by atoms with E-state index in [0.29, 0.717) is 11.6 Å². The number of para-hydroxylation sites is 1. The topological polar surface area (TPSA) is 35.8 Å². The van der Waals surface area contributed by atoms with Crippen LogP contribution in [0.2, 0.25) is 5.02 Å². The highest BCUT2D eigenvalue weighted by atomic mass is 35.5. The molecule has 0 aliphatic carbocycles. The molecular formula is C10H11ClN2. The van der Waals surface area contributed by atoms with E-state index in [2.05, 4.69) is 11.4 Å². The highest BCUT2D eigenvalue weighted by molar-refractivity contribution is 6.33. The van der Waals surface area contributed by atoms with Crippen molar-refractivity contribution in [2.75, 3.05) is 11.9 Å². The van der Waals surface area contributed by atoms with Crippen LogP contribution in [0.4, 0.5) is 5.69 Å². The Morgan fingerprint density at radius 1 is 1.54 bits per heavy atom. The van der Waals surface area contributed by atoms with Crippen molar-refractivity contribution in [3.63, 3.8) is 0 Å². The molecule has 0 spiro atoms. The molecule has 1 atom stereocenters. The molecule has 0 heterocycles. The molecule has 0 aromatic heterocycles. The molecule has 0 aliphatic rings. The molecule has 3 heteroatoms. The third kappa shape index (κ3) is 2.96. The second-order valence-electron chi connectivity index (χ2n) is 2.89. The largest absolute Gasteiger partial charge is 0.383 e. The second kappa shape index (κ2) is 4.74. The summed E-state index contributed by atoms with van der Waals surface area (Å²) in [4.78, 5) is 0. The van der Waals surface area contributed by atoms with Crippen molar-refractivity contribution in [2.45, 2.75) is 6.92 Å².